The van der Waals surface area contributed by atoms with Crippen LogP contribution in [0.3, 0.4) is 0 Å². The normalized spacial score (nSPS) is 12.0. The molecule has 0 aromatic rings. The molecule has 0 N–H and O–H groups in total. The van der Waals surface area contributed by atoms with Crippen LogP contribution in [-0.4, -0.2) is 30.7 Å². The summed E-state index contributed by atoms with van der Waals surface area (Å²) in [5.41, 5.74) is 0. The first-order chi connectivity index (χ1) is 31.2. The largest absolute Gasteiger partial charge is 0.324 e. The summed E-state index contributed by atoms with van der Waals surface area (Å²) in [5, 5.41) is 0. The van der Waals surface area contributed by atoms with Crippen molar-refractivity contribution in [3.8, 4) is 0 Å². The Morgan fingerprint density at radius 2 is 0.222 bits per heavy atom. The van der Waals surface area contributed by atoms with E-state index in [1.165, 1.54) is 377 Å². The number of hydrogen-bond donors (Lipinski definition) is 0. The SMILES string of the molecule is CCCCCCCCCCCCCCCCCC[N+](CCCCCCCC)(CCCCCCCCCCCCCCCCCC)CCCCCCCCCCCCCCCCCC. The molecular formula is C62H128N+. The summed E-state index contributed by atoms with van der Waals surface area (Å²) in [6, 6.07) is 0. The van der Waals surface area contributed by atoms with Gasteiger partial charge in [0.05, 0.1) is 26.2 Å². The molecule has 0 fully saturated rings. The Morgan fingerprint density at radius 3 is 0.333 bits per heavy atom. The Balaban J connectivity index is 4.70. The lowest BCUT2D eigenvalue weighted by Crippen LogP contribution is -2.50. The molecule has 0 radical (unpaired) electrons. The van der Waals surface area contributed by atoms with Crippen LogP contribution in [-0.2, 0) is 0 Å². The Bertz CT molecular complexity index is 685. The second-order valence-corrected chi connectivity index (χ2v) is 21.9. The smallest absolute Gasteiger partial charge is 0.0786 e. The van der Waals surface area contributed by atoms with Crippen LogP contribution in [0.5, 0.6) is 0 Å². The van der Waals surface area contributed by atoms with Crippen molar-refractivity contribution in [1.82, 2.24) is 0 Å². The Labute approximate surface area is 403 Å². The van der Waals surface area contributed by atoms with Gasteiger partial charge >= 0.3 is 0 Å². The lowest BCUT2D eigenvalue weighted by molar-refractivity contribution is -0.929. The molecule has 0 heterocycles. The van der Waals surface area contributed by atoms with Gasteiger partial charge in [0, 0.05) is 0 Å². The van der Waals surface area contributed by atoms with Gasteiger partial charge in [0.2, 0.25) is 0 Å². The van der Waals surface area contributed by atoms with Crippen molar-refractivity contribution in [3.63, 3.8) is 0 Å². The zero-order valence-corrected chi connectivity index (χ0v) is 45.5. The van der Waals surface area contributed by atoms with Crippen LogP contribution >= 0.6 is 0 Å². The molecule has 0 spiro atoms. The van der Waals surface area contributed by atoms with Crippen LogP contribution in [0.15, 0.2) is 0 Å². The highest BCUT2D eigenvalue weighted by Gasteiger charge is 2.25. The third-order valence-electron chi connectivity index (χ3n) is 15.4. The molecule has 380 valence electrons. The summed E-state index contributed by atoms with van der Waals surface area (Å²) >= 11 is 0. The van der Waals surface area contributed by atoms with Crippen LogP contribution in [0.25, 0.3) is 0 Å². The van der Waals surface area contributed by atoms with Crippen LogP contribution in [0.2, 0.25) is 0 Å². The highest BCUT2D eigenvalue weighted by molar-refractivity contribution is 4.57. The summed E-state index contributed by atoms with van der Waals surface area (Å²) in [6.45, 7) is 15.3. The summed E-state index contributed by atoms with van der Waals surface area (Å²) in [6.07, 6.45) is 79.7. The summed E-state index contributed by atoms with van der Waals surface area (Å²) in [7, 11) is 0. The number of quaternary nitrogens is 1. The third kappa shape index (κ3) is 51.2. The van der Waals surface area contributed by atoms with E-state index >= 15 is 0 Å². The van der Waals surface area contributed by atoms with Crippen LogP contribution < -0.4 is 0 Å². The van der Waals surface area contributed by atoms with E-state index in [1.54, 1.807) is 0 Å². The molecular weight excluding hydrogens is 759 g/mol. The van der Waals surface area contributed by atoms with E-state index in [9.17, 15) is 0 Å². The molecule has 0 aromatic carbocycles. The van der Waals surface area contributed by atoms with Gasteiger partial charge < -0.3 is 4.48 Å². The van der Waals surface area contributed by atoms with Crippen molar-refractivity contribution in [2.45, 2.75) is 374 Å². The zero-order chi connectivity index (χ0) is 45.5. The Kier molecular flexibility index (Phi) is 56.2. The maximum Gasteiger partial charge on any atom is 0.0786 e. The number of hydrogen-bond acceptors (Lipinski definition) is 0. The molecule has 0 bridgehead atoms. The maximum atomic E-state index is 2.37. The van der Waals surface area contributed by atoms with Gasteiger partial charge in [-0.2, -0.15) is 0 Å². The predicted octanol–water partition coefficient (Wildman–Crippen LogP) is 22.9. The summed E-state index contributed by atoms with van der Waals surface area (Å²) in [5.74, 6) is 0. The average molecular weight is 888 g/mol. The Hall–Kier alpha value is -0.0400. The van der Waals surface area contributed by atoms with Crippen molar-refractivity contribution in [2.75, 3.05) is 26.2 Å². The van der Waals surface area contributed by atoms with Gasteiger partial charge in [0.15, 0.2) is 0 Å². The number of rotatable bonds is 58. The van der Waals surface area contributed by atoms with E-state index in [1.807, 2.05) is 0 Å². The first-order valence-electron chi connectivity index (χ1n) is 31.1. The monoisotopic (exact) mass is 887 g/mol. The summed E-state index contributed by atoms with van der Waals surface area (Å²) < 4.78 is 1.49. The molecule has 0 amide bonds. The quantitative estimate of drug-likeness (QED) is 0.0422. The lowest BCUT2D eigenvalue weighted by atomic mass is 10.0. The summed E-state index contributed by atoms with van der Waals surface area (Å²) in [4.78, 5) is 0. The van der Waals surface area contributed by atoms with Gasteiger partial charge in [0.1, 0.15) is 0 Å². The average Bonchev–Trinajstić information content (AvgIpc) is 3.29. The fourth-order valence-electron chi connectivity index (χ4n) is 10.9. The van der Waals surface area contributed by atoms with E-state index in [2.05, 4.69) is 27.7 Å². The van der Waals surface area contributed by atoms with Crippen molar-refractivity contribution in [2.24, 2.45) is 0 Å². The highest BCUT2D eigenvalue weighted by atomic mass is 15.3. The minimum absolute atomic E-state index is 1.37. The third-order valence-corrected chi connectivity index (χ3v) is 15.4. The molecule has 0 aliphatic carbocycles. The molecule has 1 nitrogen and oxygen atoms in total. The van der Waals surface area contributed by atoms with E-state index in [0.717, 1.165) is 0 Å². The van der Waals surface area contributed by atoms with Crippen molar-refractivity contribution in [3.05, 3.63) is 0 Å². The number of unbranched alkanes of at least 4 members (excludes halogenated alkanes) is 50. The minimum atomic E-state index is 1.37. The lowest BCUT2D eigenvalue weighted by Gasteiger charge is -2.40. The fraction of sp³-hybridized carbons (Fsp3) is 1.00. The topological polar surface area (TPSA) is 0 Å². The maximum absolute atomic E-state index is 2.37. The number of nitrogens with zero attached hydrogens (tertiary/aromatic N) is 1. The van der Waals surface area contributed by atoms with Crippen LogP contribution in [0, 0.1) is 0 Å². The Morgan fingerprint density at radius 1 is 0.127 bits per heavy atom. The first-order valence-corrected chi connectivity index (χ1v) is 31.1. The van der Waals surface area contributed by atoms with Crippen molar-refractivity contribution >= 4 is 0 Å². The molecule has 0 aromatic heterocycles. The van der Waals surface area contributed by atoms with Crippen molar-refractivity contribution < 1.29 is 4.48 Å². The zero-order valence-electron chi connectivity index (χ0n) is 45.5. The molecule has 1 heteroatoms. The van der Waals surface area contributed by atoms with E-state index < -0.39 is 0 Å². The molecule has 0 aliphatic rings. The van der Waals surface area contributed by atoms with Gasteiger partial charge in [-0.25, -0.2) is 0 Å². The molecule has 0 saturated heterocycles. The standard InChI is InChI=1S/C62H128N/c1-5-9-13-17-21-24-27-30-33-36-39-42-45-48-52-56-60-63(59-55-51-20-16-12-8-4,61-57-53-49-46-43-40-37-34-31-28-25-22-18-14-10-6-2)62-58-54-50-47-44-41-38-35-32-29-26-23-19-15-11-7-3/h5-62H2,1-4H3/q+1. The molecule has 63 heavy (non-hydrogen) atoms. The molecule has 0 atom stereocenters. The van der Waals surface area contributed by atoms with E-state index in [0.29, 0.717) is 0 Å². The van der Waals surface area contributed by atoms with Crippen LogP contribution in [0.1, 0.15) is 374 Å². The van der Waals surface area contributed by atoms with Gasteiger partial charge in [-0.05, 0) is 51.4 Å². The fourth-order valence-corrected chi connectivity index (χ4v) is 10.9. The van der Waals surface area contributed by atoms with Gasteiger partial charge in [-0.3, -0.25) is 0 Å². The molecule has 0 saturated carbocycles. The minimum Gasteiger partial charge on any atom is -0.324 e. The predicted molar refractivity (Wildman–Crippen MR) is 292 cm³/mol. The van der Waals surface area contributed by atoms with Gasteiger partial charge in [-0.1, -0.05) is 323 Å². The van der Waals surface area contributed by atoms with E-state index in [4.69, 9.17) is 0 Å². The van der Waals surface area contributed by atoms with E-state index in [-0.39, 0.29) is 0 Å². The second-order valence-electron chi connectivity index (χ2n) is 21.9. The second kappa shape index (κ2) is 56.3. The molecule has 0 unspecified atom stereocenters. The highest BCUT2D eigenvalue weighted by Crippen LogP contribution is 2.22. The van der Waals surface area contributed by atoms with Gasteiger partial charge in [0.25, 0.3) is 0 Å². The van der Waals surface area contributed by atoms with Gasteiger partial charge in [-0.15, -0.1) is 0 Å². The first kappa shape index (κ1) is 63.0. The molecule has 0 aliphatic heterocycles. The van der Waals surface area contributed by atoms with Crippen molar-refractivity contribution in [1.29, 1.82) is 0 Å². The molecule has 0 rings (SSSR count). The van der Waals surface area contributed by atoms with Crippen LogP contribution in [0.4, 0.5) is 0 Å².